The van der Waals surface area contributed by atoms with Gasteiger partial charge in [0.25, 0.3) is 0 Å². The molecule has 0 radical (unpaired) electrons. The summed E-state index contributed by atoms with van der Waals surface area (Å²) in [7, 11) is 0. The summed E-state index contributed by atoms with van der Waals surface area (Å²) < 4.78 is 0. The van der Waals surface area contributed by atoms with Crippen molar-refractivity contribution in [3.8, 4) is 22.3 Å². The second kappa shape index (κ2) is 8.80. The quantitative estimate of drug-likeness (QED) is 0.252. The van der Waals surface area contributed by atoms with Crippen molar-refractivity contribution < 1.29 is 0 Å². The minimum absolute atomic E-state index is 0.878. The number of rotatable bonds is 3. The van der Waals surface area contributed by atoms with Crippen LogP contribution in [0.4, 0.5) is 0 Å². The number of dihydropyridines is 1. The van der Waals surface area contributed by atoms with Crippen molar-refractivity contribution >= 4 is 37.9 Å². The van der Waals surface area contributed by atoms with Crippen LogP contribution < -0.4 is 5.32 Å². The van der Waals surface area contributed by atoms with Gasteiger partial charge in [-0.1, -0.05) is 109 Å². The number of allylic oxidation sites excluding steroid dienone is 2. The fourth-order valence-electron chi connectivity index (χ4n) is 5.88. The highest BCUT2D eigenvalue weighted by Crippen LogP contribution is 2.44. The van der Waals surface area contributed by atoms with Gasteiger partial charge in [-0.15, -0.1) is 0 Å². The molecule has 1 aliphatic rings. The third-order valence-electron chi connectivity index (χ3n) is 7.60. The van der Waals surface area contributed by atoms with Crippen LogP contribution in [-0.2, 0) is 0 Å². The van der Waals surface area contributed by atoms with Gasteiger partial charge in [0, 0.05) is 12.7 Å². The van der Waals surface area contributed by atoms with Crippen molar-refractivity contribution in [1.82, 2.24) is 5.32 Å². The Balaban J connectivity index is 1.46. The van der Waals surface area contributed by atoms with Crippen LogP contribution in [-0.4, -0.2) is 6.54 Å². The molecule has 0 fully saturated rings. The summed E-state index contributed by atoms with van der Waals surface area (Å²) in [5.41, 5.74) is 8.99. The standard InChI is InChI=1S/C36H27N/c1-24-23-37-20-19-30(24)28-17-15-27-22-29(18-16-26(27)21-28)36-33-13-7-5-11-31(33)35(25-9-3-2-4-10-25)32-12-6-8-14-34(32)36/h2-19,21-23,37H,20H2,1H3. The van der Waals surface area contributed by atoms with Crippen LogP contribution in [0.5, 0.6) is 0 Å². The first-order valence-corrected chi connectivity index (χ1v) is 12.9. The molecule has 7 rings (SSSR count). The van der Waals surface area contributed by atoms with Gasteiger partial charge >= 0.3 is 0 Å². The van der Waals surface area contributed by atoms with Gasteiger partial charge in [-0.2, -0.15) is 0 Å². The summed E-state index contributed by atoms with van der Waals surface area (Å²) in [5, 5.41) is 11.0. The molecule has 0 unspecified atom stereocenters. The molecule has 37 heavy (non-hydrogen) atoms. The maximum atomic E-state index is 3.30. The van der Waals surface area contributed by atoms with Gasteiger partial charge in [-0.05, 0) is 90.3 Å². The van der Waals surface area contributed by atoms with E-state index in [1.54, 1.807) is 0 Å². The Morgan fingerprint density at radius 3 is 1.62 bits per heavy atom. The molecular weight excluding hydrogens is 446 g/mol. The fourth-order valence-corrected chi connectivity index (χ4v) is 5.88. The van der Waals surface area contributed by atoms with Crippen LogP contribution in [0.1, 0.15) is 12.5 Å². The molecule has 1 heteroatoms. The van der Waals surface area contributed by atoms with Crippen molar-refractivity contribution in [2.45, 2.75) is 6.92 Å². The second-order valence-electron chi connectivity index (χ2n) is 9.84. The highest BCUT2D eigenvalue weighted by molar-refractivity contribution is 6.21. The molecule has 1 heterocycles. The highest BCUT2D eigenvalue weighted by atomic mass is 14.8. The lowest BCUT2D eigenvalue weighted by atomic mass is 9.85. The van der Waals surface area contributed by atoms with E-state index >= 15 is 0 Å². The van der Waals surface area contributed by atoms with E-state index in [0.717, 1.165) is 6.54 Å². The maximum absolute atomic E-state index is 3.30. The van der Waals surface area contributed by atoms with Crippen LogP contribution in [0.2, 0.25) is 0 Å². The van der Waals surface area contributed by atoms with E-state index in [2.05, 4.69) is 140 Å². The van der Waals surface area contributed by atoms with Crippen molar-refractivity contribution in [1.29, 1.82) is 0 Å². The molecule has 0 bridgehead atoms. The second-order valence-corrected chi connectivity index (χ2v) is 9.84. The molecule has 1 N–H and O–H groups in total. The Labute approximate surface area is 217 Å². The number of hydrogen-bond donors (Lipinski definition) is 1. The third kappa shape index (κ3) is 3.63. The first kappa shape index (κ1) is 21.6. The molecule has 0 saturated heterocycles. The van der Waals surface area contributed by atoms with Gasteiger partial charge < -0.3 is 5.32 Å². The van der Waals surface area contributed by atoms with Crippen LogP contribution >= 0.6 is 0 Å². The zero-order valence-electron chi connectivity index (χ0n) is 20.8. The summed E-state index contributed by atoms with van der Waals surface area (Å²) in [6, 6.07) is 42.3. The Morgan fingerprint density at radius 2 is 1.03 bits per heavy atom. The van der Waals surface area contributed by atoms with E-state index in [-0.39, 0.29) is 0 Å². The van der Waals surface area contributed by atoms with Crippen molar-refractivity contribution in [2.75, 3.05) is 6.54 Å². The largest absolute Gasteiger partial charge is 0.387 e. The monoisotopic (exact) mass is 473 g/mol. The topological polar surface area (TPSA) is 12.0 Å². The molecule has 0 atom stereocenters. The van der Waals surface area contributed by atoms with Gasteiger partial charge in [0.15, 0.2) is 0 Å². The van der Waals surface area contributed by atoms with Gasteiger partial charge in [0.2, 0.25) is 0 Å². The molecule has 6 aromatic rings. The van der Waals surface area contributed by atoms with Crippen molar-refractivity contribution in [3.05, 3.63) is 139 Å². The molecule has 1 aliphatic heterocycles. The predicted molar refractivity (Wildman–Crippen MR) is 160 cm³/mol. The number of hydrogen-bond acceptors (Lipinski definition) is 1. The van der Waals surface area contributed by atoms with Gasteiger partial charge in [-0.25, -0.2) is 0 Å². The van der Waals surface area contributed by atoms with E-state index < -0.39 is 0 Å². The Hall–Kier alpha value is -4.62. The van der Waals surface area contributed by atoms with E-state index in [0.29, 0.717) is 0 Å². The SMILES string of the molecule is CC1=CNCC=C1c1ccc2cc(-c3c4ccccc4c(-c4ccccc4)c4ccccc34)ccc2c1. The lowest BCUT2D eigenvalue weighted by molar-refractivity contribution is 0.960. The lowest BCUT2D eigenvalue weighted by Crippen LogP contribution is -2.11. The molecule has 0 amide bonds. The van der Waals surface area contributed by atoms with Gasteiger partial charge in [0.1, 0.15) is 0 Å². The molecule has 6 aromatic carbocycles. The predicted octanol–water partition coefficient (Wildman–Crippen LogP) is 9.37. The zero-order chi connectivity index (χ0) is 24.8. The third-order valence-corrected chi connectivity index (χ3v) is 7.60. The summed E-state index contributed by atoms with van der Waals surface area (Å²) in [6.07, 6.45) is 4.38. The first-order valence-electron chi connectivity index (χ1n) is 12.9. The molecule has 1 nitrogen and oxygen atoms in total. The molecule has 176 valence electrons. The zero-order valence-corrected chi connectivity index (χ0v) is 20.8. The molecule has 0 aliphatic carbocycles. The molecule has 0 saturated carbocycles. The minimum atomic E-state index is 0.878. The average Bonchev–Trinajstić information content (AvgIpc) is 2.96. The van der Waals surface area contributed by atoms with E-state index in [1.807, 2.05) is 0 Å². The number of benzene rings is 6. The van der Waals surface area contributed by atoms with Crippen molar-refractivity contribution in [3.63, 3.8) is 0 Å². The Bertz CT molecular complexity index is 1820. The average molecular weight is 474 g/mol. The molecule has 0 spiro atoms. The maximum Gasteiger partial charge on any atom is 0.0334 e. The summed E-state index contributed by atoms with van der Waals surface area (Å²) >= 11 is 0. The number of fused-ring (bicyclic) bond motifs is 3. The van der Waals surface area contributed by atoms with Crippen LogP contribution in [0.15, 0.2) is 133 Å². The summed E-state index contributed by atoms with van der Waals surface area (Å²) in [4.78, 5) is 0. The summed E-state index contributed by atoms with van der Waals surface area (Å²) in [5.74, 6) is 0. The highest BCUT2D eigenvalue weighted by Gasteiger charge is 2.16. The lowest BCUT2D eigenvalue weighted by Gasteiger charge is -2.18. The fraction of sp³-hybridized carbons (Fsp3) is 0.0556. The van der Waals surface area contributed by atoms with Crippen LogP contribution in [0.25, 0.3) is 60.1 Å². The van der Waals surface area contributed by atoms with E-state index in [9.17, 15) is 0 Å². The van der Waals surface area contributed by atoms with Crippen LogP contribution in [0.3, 0.4) is 0 Å². The molecule has 0 aromatic heterocycles. The smallest absolute Gasteiger partial charge is 0.0334 e. The van der Waals surface area contributed by atoms with Crippen molar-refractivity contribution in [2.24, 2.45) is 0 Å². The minimum Gasteiger partial charge on any atom is -0.387 e. The Kier molecular flexibility index (Phi) is 5.15. The van der Waals surface area contributed by atoms with Gasteiger partial charge in [0.05, 0.1) is 0 Å². The Morgan fingerprint density at radius 1 is 0.514 bits per heavy atom. The first-order chi connectivity index (χ1) is 18.3. The van der Waals surface area contributed by atoms with Gasteiger partial charge in [-0.3, -0.25) is 0 Å². The normalized spacial score (nSPS) is 13.4. The number of nitrogens with one attached hydrogen (secondary N) is 1. The van der Waals surface area contributed by atoms with E-state index in [4.69, 9.17) is 0 Å². The molecular formula is C36H27N. The van der Waals surface area contributed by atoms with Crippen LogP contribution in [0, 0.1) is 0 Å². The summed E-state index contributed by atoms with van der Waals surface area (Å²) in [6.45, 7) is 3.05. The van der Waals surface area contributed by atoms with E-state index in [1.165, 1.54) is 71.3 Å².